The molecule has 5 heteroatoms. The number of hydrazine groups is 1. The fourth-order valence-electron chi connectivity index (χ4n) is 0.675. The van der Waals surface area contributed by atoms with Crippen molar-refractivity contribution in [3.05, 3.63) is 0 Å². The average Bonchev–Trinajstić information content (AvgIpc) is 1.98. The fourth-order valence-corrected chi connectivity index (χ4v) is 0.675. The van der Waals surface area contributed by atoms with E-state index in [4.69, 9.17) is 13.7 Å². The minimum atomic E-state index is -0.720. The van der Waals surface area contributed by atoms with Crippen molar-refractivity contribution in [1.82, 2.24) is 5.01 Å². The topological polar surface area (TPSA) is 63.4 Å². The van der Waals surface area contributed by atoms with Gasteiger partial charge in [-0.15, -0.1) is 0 Å². The van der Waals surface area contributed by atoms with Crippen molar-refractivity contribution >= 4 is 19.7 Å². The smallest absolute Gasteiger partial charge is 0.243 e. The molecule has 1 unspecified atom stereocenters. The standard InChI is InChI=1S/C4H5BN2O2/c5-2-1-3(8)7(6)4(2)9/h2H,1,6H2. The molecule has 4 nitrogen and oxygen atoms in total. The summed E-state index contributed by atoms with van der Waals surface area (Å²) < 4.78 is 0. The highest BCUT2D eigenvalue weighted by molar-refractivity contribution is 6.29. The molecule has 1 fully saturated rings. The zero-order chi connectivity index (χ0) is 7.02. The number of amides is 2. The molecule has 1 atom stereocenters. The third-order valence-electron chi connectivity index (χ3n) is 1.22. The van der Waals surface area contributed by atoms with Gasteiger partial charge in [-0.1, -0.05) is 0 Å². The summed E-state index contributed by atoms with van der Waals surface area (Å²) >= 11 is 0. The maximum absolute atomic E-state index is 10.6. The molecule has 2 N–H and O–H groups in total. The van der Waals surface area contributed by atoms with Crippen LogP contribution in [0.5, 0.6) is 0 Å². The summed E-state index contributed by atoms with van der Waals surface area (Å²) in [6.07, 6.45) is 0.0370. The van der Waals surface area contributed by atoms with E-state index in [1.165, 1.54) is 0 Å². The van der Waals surface area contributed by atoms with Gasteiger partial charge in [-0.3, -0.25) is 9.59 Å². The first-order chi connectivity index (χ1) is 4.13. The molecule has 1 rings (SSSR count). The number of imide groups is 1. The Balaban J connectivity index is 2.77. The number of rotatable bonds is 0. The van der Waals surface area contributed by atoms with E-state index >= 15 is 0 Å². The van der Waals surface area contributed by atoms with Crippen LogP contribution in [-0.2, 0) is 9.59 Å². The van der Waals surface area contributed by atoms with Crippen LogP contribution < -0.4 is 5.84 Å². The second-order valence-corrected chi connectivity index (χ2v) is 1.91. The normalized spacial score (nSPS) is 27.7. The third-order valence-corrected chi connectivity index (χ3v) is 1.22. The molecule has 0 spiro atoms. The number of carbonyl (C=O) groups excluding carboxylic acids is 2. The lowest BCUT2D eigenvalue weighted by atomic mass is 9.86. The number of hydrogen-bond acceptors (Lipinski definition) is 3. The molecule has 9 heavy (non-hydrogen) atoms. The molecule has 0 bridgehead atoms. The van der Waals surface area contributed by atoms with Gasteiger partial charge in [0.25, 0.3) is 0 Å². The summed E-state index contributed by atoms with van der Waals surface area (Å²) in [6.45, 7) is 0. The zero-order valence-electron chi connectivity index (χ0n) is 4.70. The summed E-state index contributed by atoms with van der Waals surface area (Å²) in [4.78, 5) is 21.1. The Morgan fingerprint density at radius 3 is 2.33 bits per heavy atom. The second kappa shape index (κ2) is 1.84. The summed E-state index contributed by atoms with van der Waals surface area (Å²) in [7, 11) is 5.17. The first-order valence-electron chi connectivity index (χ1n) is 2.50. The van der Waals surface area contributed by atoms with Crippen LogP contribution in [-0.4, -0.2) is 24.7 Å². The summed E-state index contributed by atoms with van der Waals surface area (Å²) in [5, 5.41) is 0.560. The Kier molecular flexibility index (Phi) is 1.29. The van der Waals surface area contributed by atoms with E-state index in [0.29, 0.717) is 5.01 Å². The number of nitrogens with two attached hydrogens (primary N) is 1. The Morgan fingerprint density at radius 1 is 1.67 bits per heavy atom. The van der Waals surface area contributed by atoms with Gasteiger partial charge in [0, 0.05) is 12.2 Å². The Morgan fingerprint density at radius 2 is 2.22 bits per heavy atom. The lowest BCUT2D eigenvalue weighted by Gasteiger charge is -2.03. The summed E-state index contributed by atoms with van der Waals surface area (Å²) in [5.41, 5.74) is 0. The number of carbonyl (C=O) groups is 2. The SMILES string of the molecule is [B]C1CC(=O)N(N)C1=O. The first kappa shape index (κ1) is 6.29. The maximum atomic E-state index is 10.6. The molecule has 0 aromatic carbocycles. The van der Waals surface area contributed by atoms with E-state index < -0.39 is 17.6 Å². The molecule has 2 radical (unpaired) electrons. The molecule has 0 saturated carbocycles. The molecule has 0 aromatic heterocycles. The van der Waals surface area contributed by atoms with Crippen LogP contribution in [0.15, 0.2) is 0 Å². The van der Waals surface area contributed by atoms with Crippen molar-refractivity contribution < 1.29 is 9.59 Å². The van der Waals surface area contributed by atoms with Gasteiger partial charge in [0.2, 0.25) is 11.8 Å². The molecular weight excluding hydrogens is 119 g/mol. The van der Waals surface area contributed by atoms with E-state index in [2.05, 4.69) is 0 Å². The van der Waals surface area contributed by atoms with Crippen molar-refractivity contribution in [2.75, 3.05) is 0 Å². The van der Waals surface area contributed by atoms with Crippen molar-refractivity contribution in [2.45, 2.75) is 12.2 Å². The fraction of sp³-hybridized carbons (Fsp3) is 0.500. The Bertz CT molecular complexity index is 170. The van der Waals surface area contributed by atoms with Crippen LogP contribution in [0.4, 0.5) is 0 Å². The molecule has 0 aliphatic carbocycles. The van der Waals surface area contributed by atoms with Crippen molar-refractivity contribution in [3.63, 3.8) is 0 Å². The molecule has 1 saturated heterocycles. The summed E-state index contributed by atoms with van der Waals surface area (Å²) in [5.74, 6) is 3.34. The number of hydrogen-bond donors (Lipinski definition) is 1. The van der Waals surface area contributed by atoms with E-state index in [1.807, 2.05) is 0 Å². The van der Waals surface area contributed by atoms with Crippen LogP contribution in [0.25, 0.3) is 0 Å². The molecule has 2 amide bonds. The van der Waals surface area contributed by atoms with Crippen molar-refractivity contribution in [3.8, 4) is 0 Å². The van der Waals surface area contributed by atoms with E-state index in [-0.39, 0.29) is 6.42 Å². The molecule has 46 valence electrons. The lowest BCUT2D eigenvalue weighted by Crippen LogP contribution is -2.36. The molecule has 1 aliphatic rings. The van der Waals surface area contributed by atoms with Crippen LogP contribution in [0.3, 0.4) is 0 Å². The lowest BCUT2D eigenvalue weighted by molar-refractivity contribution is -0.138. The minimum absolute atomic E-state index is 0.0370. The highest BCUT2D eigenvalue weighted by Crippen LogP contribution is 2.17. The van der Waals surface area contributed by atoms with Crippen LogP contribution >= 0.6 is 0 Å². The molecule has 0 aromatic rings. The number of nitrogens with zero attached hydrogens (tertiary/aromatic N) is 1. The van der Waals surface area contributed by atoms with Crippen molar-refractivity contribution in [1.29, 1.82) is 0 Å². The zero-order valence-corrected chi connectivity index (χ0v) is 4.70. The first-order valence-corrected chi connectivity index (χ1v) is 2.50. The average molecular weight is 124 g/mol. The van der Waals surface area contributed by atoms with Crippen LogP contribution in [0, 0.1) is 0 Å². The second-order valence-electron chi connectivity index (χ2n) is 1.91. The van der Waals surface area contributed by atoms with E-state index in [0.717, 1.165) is 0 Å². The highest BCUT2D eigenvalue weighted by atomic mass is 16.2. The van der Waals surface area contributed by atoms with Crippen molar-refractivity contribution in [2.24, 2.45) is 5.84 Å². The highest BCUT2D eigenvalue weighted by Gasteiger charge is 2.32. The van der Waals surface area contributed by atoms with E-state index in [9.17, 15) is 9.59 Å². The van der Waals surface area contributed by atoms with Gasteiger partial charge in [-0.2, -0.15) is 0 Å². The largest absolute Gasteiger partial charge is 0.274 e. The molecule has 1 heterocycles. The van der Waals surface area contributed by atoms with Gasteiger partial charge < -0.3 is 0 Å². The summed E-state index contributed by atoms with van der Waals surface area (Å²) in [6, 6.07) is 0. The molecule has 1 aliphatic heterocycles. The Labute approximate surface area is 53.4 Å². The van der Waals surface area contributed by atoms with Gasteiger partial charge in [0.1, 0.15) is 0 Å². The monoisotopic (exact) mass is 124 g/mol. The van der Waals surface area contributed by atoms with Crippen LogP contribution in [0.2, 0.25) is 5.82 Å². The van der Waals surface area contributed by atoms with Gasteiger partial charge >= 0.3 is 0 Å². The van der Waals surface area contributed by atoms with Gasteiger partial charge in [0.15, 0.2) is 0 Å². The van der Waals surface area contributed by atoms with Crippen LogP contribution in [0.1, 0.15) is 6.42 Å². The minimum Gasteiger partial charge on any atom is -0.274 e. The molecular formula is C4H5BN2O2. The van der Waals surface area contributed by atoms with Gasteiger partial charge in [-0.25, -0.2) is 10.9 Å². The quantitative estimate of drug-likeness (QED) is 0.186. The van der Waals surface area contributed by atoms with Gasteiger partial charge in [0.05, 0.1) is 7.85 Å². The Hall–Kier alpha value is -0.835. The van der Waals surface area contributed by atoms with E-state index in [1.54, 1.807) is 0 Å². The maximum Gasteiger partial charge on any atom is 0.243 e. The predicted octanol–water partition coefficient (Wildman–Crippen LogP) is -1.42. The predicted molar refractivity (Wildman–Crippen MR) is 30.2 cm³/mol. The third kappa shape index (κ3) is 0.831. The van der Waals surface area contributed by atoms with Gasteiger partial charge in [-0.05, 0) is 0 Å².